The standard InChI is InChI=1S/C15H20FN3O4S/c16-12-7-11(6-10-2-1-4-17-5-3-10)8-13(20)15(12)19-9-14(21)18-24(19,22)23/h7-8,10,17,20H,1-6,9H2,(H,18,21)/t10-/m1/s1. The molecule has 2 heterocycles. The molecule has 2 aliphatic heterocycles. The first kappa shape index (κ1) is 17.0. The second kappa shape index (κ2) is 6.56. The number of phenols is 1. The Morgan fingerprint density at radius 2 is 2.08 bits per heavy atom. The zero-order valence-electron chi connectivity index (χ0n) is 13.1. The predicted octanol–water partition coefficient (Wildman–Crippen LogP) is 0.644. The highest BCUT2D eigenvalue weighted by Gasteiger charge is 2.37. The number of rotatable bonds is 3. The Labute approximate surface area is 140 Å². The molecule has 132 valence electrons. The maximum atomic E-state index is 14.5. The number of phenolic OH excluding ortho intramolecular Hbond substituents is 1. The molecule has 1 aromatic rings. The van der Waals surface area contributed by atoms with Crippen LogP contribution in [-0.2, 0) is 21.4 Å². The van der Waals surface area contributed by atoms with Crippen molar-refractivity contribution in [3.63, 3.8) is 0 Å². The van der Waals surface area contributed by atoms with Gasteiger partial charge in [-0.05, 0) is 62.4 Å². The second-order valence-electron chi connectivity index (χ2n) is 6.23. The number of halogens is 1. The van der Waals surface area contributed by atoms with Gasteiger partial charge < -0.3 is 10.4 Å². The first-order chi connectivity index (χ1) is 11.4. The summed E-state index contributed by atoms with van der Waals surface area (Å²) in [6, 6.07) is 2.63. The first-order valence-electron chi connectivity index (χ1n) is 7.92. The molecule has 3 N–H and O–H groups in total. The lowest BCUT2D eigenvalue weighted by atomic mass is 9.92. The van der Waals surface area contributed by atoms with E-state index in [0.717, 1.165) is 32.4 Å². The summed E-state index contributed by atoms with van der Waals surface area (Å²) < 4.78 is 40.4. The van der Waals surface area contributed by atoms with Crippen LogP contribution in [0.4, 0.5) is 10.1 Å². The van der Waals surface area contributed by atoms with Crippen LogP contribution >= 0.6 is 0 Å². The Balaban J connectivity index is 1.85. The number of nitrogens with one attached hydrogen (secondary N) is 2. The molecule has 0 radical (unpaired) electrons. The lowest BCUT2D eigenvalue weighted by Crippen LogP contribution is -2.30. The van der Waals surface area contributed by atoms with Gasteiger partial charge in [0.1, 0.15) is 18.0 Å². The number of aromatic hydroxyl groups is 1. The monoisotopic (exact) mass is 357 g/mol. The highest BCUT2D eigenvalue weighted by molar-refractivity contribution is 7.92. The number of hydrogen-bond acceptors (Lipinski definition) is 5. The van der Waals surface area contributed by atoms with Crippen molar-refractivity contribution in [3.8, 4) is 5.75 Å². The van der Waals surface area contributed by atoms with Gasteiger partial charge in [-0.15, -0.1) is 0 Å². The molecule has 1 aromatic carbocycles. The molecule has 2 aliphatic rings. The van der Waals surface area contributed by atoms with Crippen LogP contribution in [0.1, 0.15) is 24.8 Å². The summed E-state index contributed by atoms with van der Waals surface area (Å²) in [5.74, 6) is -1.69. The van der Waals surface area contributed by atoms with E-state index in [0.29, 0.717) is 22.2 Å². The van der Waals surface area contributed by atoms with Crippen LogP contribution in [0.15, 0.2) is 12.1 Å². The number of hydrogen-bond donors (Lipinski definition) is 3. The molecule has 1 atom stereocenters. The number of carbonyl (C=O) groups excluding carboxylic acids is 1. The Hall–Kier alpha value is -1.87. The van der Waals surface area contributed by atoms with Gasteiger partial charge in [0, 0.05) is 0 Å². The van der Waals surface area contributed by atoms with Gasteiger partial charge in [0.2, 0.25) is 0 Å². The maximum absolute atomic E-state index is 14.5. The van der Waals surface area contributed by atoms with Crippen LogP contribution in [0.3, 0.4) is 0 Å². The zero-order valence-corrected chi connectivity index (χ0v) is 13.9. The third kappa shape index (κ3) is 3.46. The first-order valence-corrected chi connectivity index (χ1v) is 9.36. The van der Waals surface area contributed by atoms with Crippen molar-refractivity contribution in [2.75, 3.05) is 23.9 Å². The summed E-state index contributed by atoms with van der Waals surface area (Å²) in [5, 5.41) is 13.4. The normalized spacial score (nSPS) is 23.8. The van der Waals surface area contributed by atoms with E-state index >= 15 is 0 Å². The number of carbonyl (C=O) groups is 1. The van der Waals surface area contributed by atoms with Gasteiger partial charge in [-0.3, -0.25) is 4.79 Å². The average molecular weight is 357 g/mol. The van der Waals surface area contributed by atoms with Crippen LogP contribution in [0.25, 0.3) is 0 Å². The van der Waals surface area contributed by atoms with E-state index in [9.17, 15) is 22.7 Å². The van der Waals surface area contributed by atoms with E-state index in [4.69, 9.17) is 0 Å². The van der Waals surface area contributed by atoms with Crippen molar-refractivity contribution >= 4 is 21.8 Å². The van der Waals surface area contributed by atoms with Crippen LogP contribution in [0, 0.1) is 11.7 Å². The van der Waals surface area contributed by atoms with Crippen molar-refractivity contribution in [1.82, 2.24) is 10.0 Å². The molecule has 0 aliphatic carbocycles. The van der Waals surface area contributed by atoms with Gasteiger partial charge in [-0.2, -0.15) is 8.42 Å². The predicted molar refractivity (Wildman–Crippen MR) is 86.4 cm³/mol. The van der Waals surface area contributed by atoms with Gasteiger partial charge in [0.25, 0.3) is 5.91 Å². The van der Waals surface area contributed by atoms with Crippen molar-refractivity contribution in [3.05, 3.63) is 23.5 Å². The fourth-order valence-electron chi connectivity index (χ4n) is 3.28. The molecule has 0 saturated carbocycles. The van der Waals surface area contributed by atoms with E-state index in [1.165, 1.54) is 12.1 Å². The quantitative estimate of drug-likeness (QED) is 0.738. The van der Waals surface area contributed by atoms with Crippen LogP contribution in [-0.4, -0.2) is 39.1 Å². The van der Waals surface area contributed by atoms with Crippen LogP contribution in [0.2, 0.25) is 0 Å². The maximum Gasteiger partial charge on any atom is 0.326 e. The zero-order chi connectivity index (χ0) is 17.3. The Morgan fingerprint density at radius 3 is 2.75 bits per heavy atom. The summed E-state index contributed by atoms with van der Waals surface area (Å²) in [6.07, 6.45) is 3.67. The molecule has 0 spiro atoms. The molecule has 1 amide bonds. The lowest BCUT2D eigenvalue weighted by molar-refractivity contribution is -0.117. The van der Waals surface area contributed by atoms with Crippen LogP contribution < -0.4 is 14.3 Å². The SMILES string of the molecule is O=C1CN(c2c(O)cc(C[C@@H]3CCCNCC3)cc2F)S(=O)(=O)N1. The lowest BCUT2D eigenvalue weighted by Gasteiger charge is -2.19. The average Bonchev–Trinajstić information content (AvgIpc) is 2.66. The van der Waals surface area contributed by atoms with E-state index in [1.54, 1.807) is 4.72 Å². The molecule has 0 unspecified atom stereocenters. The Bertz CT molecular complexity index is 722. The van der Waals surface area contributed by atoms with Gasteiger partial charge in [-0.25, -0.2) is 13.4 Å². The molecular weight excluding hydrogens is 337 g/mol. The fraction of sp³-hybridized carbons (Fsp3) is 0.533. The third-order valence-corrected chi connectivity index (χ3v) is 5.77. The summed E-state index contributed by atoms with van der Waals surface area (Å²) in [6.45, 7) is 1.35. The molecule has 24 heavy (non-hydrogen) atoms. The van der Waals surface area contributed by atoms with Crippen molar-refractivity contribution in [2.24, 2.45) is 5.92 Å². The smallest absolute Gasteiger partial charge is 0.326 e. The largest absolute Gasteiger partial charge is 0.506 e. The van der Waals surface area contributed by atoms with E-state index in [1.807, 2.05) is 0 Å². The van der Waals surface area contributed by atoms with Gasteiger partial charge in [0.15, 0.2) is 5.82 Å². The summed E-state index contributed by atoms with van der Waals surface area (Å²) in [7, 11) is -4.15. The van der Waals surface area contributed by atoms with Gasteiger partial charge in [0.05, 0.1) is 0 Å². The minimum absolute atomic E-state index is 0.392. The highest BCUT2D eigenvalue weighted by atomic mass is 32.2. The third-order valence-electron chi connectivity index (χ3n) is 4.39. The Kier molecular flexibility index (Phi) is 4.64. The van der Waals surface area contributed by atoms with E-state index < -0.39 is 39.9 Å². The molecule has 2 saturated heterocycles. The molecule has 9 heteroatoms. The van der Waals surface area contributed by atoms with Crippen LogP contribution in [0.5, 0.6) is 5.75 Å². The fourth-order valence-corrected chi connectivity index (χ4v) is 4.45. The van der Waals surface area contributed by atoms with Gasteiger partial charge in [-0.1, -0.05) is 0 Å². The number of nitrogens with zero attached hydrogens (tertiary/aromatic N) is 1. The number of amides is 1. The molecule has 2 fully saturated rings. The highest BCUT2D eigenvalue weighted by Crippen LogP contribution is 2.35. The van der Waals surface area contributed by atoms with Gasteiger partial charge >= 0.3 is 10.2 Å². The summed E-state index contributed by atoms with van der Waals surface area (Å²) >= 11 is 0. The molecule has 0 bridgehead atoms. The minimum Gasteiger partial charge on any atom is -0.506 e. The molecule has 0 aromatic heterocycles. The minimum atomic E-state index is -4.15. The van der Waals surface area contributed by atoms with Crippen molar-refractivity contribution in [2.45, 2.75) is 25.7 Å². The van der Waals surface area contributed by atoms with Crippen molar-refractivity contribution < 1.29 is 22.7 Å². The molecular formula is C15H20FN3O4S. The molecule has 7 nitrogen and oxygen atoms in total. The number of anilines is 1. The summed E-state index contributed by atoms with van der Waals surface area (Å²) in [5.41, 5.74) is 0.135. The topological polar surface area (TPSA) is 98.7 Å². The number of benzene rings is 1. The van der Waals surface area contributed by atoms with E-state index in [-0.39, 0.29) is 0 Å². The molecule has 3 rings (SSSR count). The van der Waals surface area contributed by atoms with E-state index in [2.05, 4.69) is 5.32 Å². The summed E-state index contributed by atoms with van der Waals surface area (Å²) in [4.78, 5) is 11.3. The Morgan fingerprint density at radius 1 is 1.29 bits per heavy atom. The van der Waals surface area contributed by atoms with Crippen molar-refractivity contribution in [1.29, 1.82) is 0 Å². The second-order valence-corrected chi connectivity index (χ2v) is 7.83.